The van der Waals surface area contributed by atoms with Gasteiger partial charge >= 0.3 is 5.97 Å². The summed E-state index contributed by atoms with van der Waals surface area (Å²) in [6.07, 6.45) is 7.29. The van der Waals surface area contributed by atoms with Gasteiger partial charge in [-0.05, 0) is 50.4 Å². The van der Waals surface area contributed by atoms with Crippen molar-refractivity contribution in [3.05, 3.63) is 27.2 Å². The molecule has 2 saturated carbocycles. The van der Waals surface area contributed by atoms with Crippen molar-refractivity contribution in [1.82, 2.24) is 4.98 Å². The molecule has 0 spiro atoms. The van der Waals surface area contributed by atoms with Gasteiger partial charge < -0.3 is 5.11 Å². The maximum Gasteiger partial charge on any atom is 0.347 e. The van der Waals surface area contributed by atoms with Gasteiger partial charge in [-0.25, -0.2) is 9.78 Å². The van der Waals surface area contributed by atoms with Crippen LogP contribution >= 0.6 is 11.3 Å². The van der Waals surface area contributed by atoms with Gasteiger partial charge in [0.25, 0.3) is 0 Å². The maximum absolute atomic E-state index is 11.3. The van der Waals surface area contributed by atoms with E-state index in [1.54, 1.807) is 5.57 Å². The van der Waals surface area contributed by atoms with Crippen LogP contribution in [-0.2, 0) is 5.41 Å². The molecule has 3 aliphatic carbocycles. The van der Waals surface area contributed by atoms with E-state index in [0.29, 0.717) is 16.5 Å². The van der Waals surface area contributed by atoms with Gasteiger partial charge in [-0.1, -0.05) is 18.6 Å². The average Bonchev–Trinajstić information content (AvgIpc) is 2.82. The summed E-state index contributed by atoms with van der Waals surface area (Å²) in [6.45, 7) is 4.12. The molecule has 106 valence electrons. The smallest absolute Gasteiger partial charge is 0.347 e. The number of aromatic carboxylic acids is 1. The van der Waals surface area contributed by atoms with E-state index < -0.39 is 5.97 Å². The molecule has 0 amide bonds. The van der Waals surface area contributed by atoms with Gasteiger partial charge in [0.15, 0.2) is 0 Å². The van der Waals surface area contributed by atoms with Crippen molar-refractivity contribution in [2.45, 2.75) is 44.9 Å². The van der Waals surface area contributed by atoms with Gasteiger partial charge in [0.05, 0.1) is 10.7 Å². The molecule has 3 nitrogen and oxygen atoms in total. The number of carboxylic acids is 1. The minimum atomic E-state index is -0.830. The van der Waals surface area contributed by atoms with Crippen LogP contribution in [0.25, 0.3) is 0 Å². The van der Waals surface area contributed by atoms with Crippen LogP contribution in [0.2, 0.25) is 0 Å². The Balaban J connectivity index is 1.78. The first-order chi connectivity index (χ1) is 9.48. The summed E-state index contributed by atoms with van der Waals surface area (Å²) in [6, 6.07) is 0. The Morgan fingerprint density at radius 1 is 1.45 bits per heavy atom. The van der Waals surface area contributed by atoms with Crippen LogP contribution in [0, 0.1) is 24.7 Å². The summed E-state index contributed by atoms with van der Waals surface area (Å²) in [5.74, 6) is 1.35. The molecule has 0 saturated heterocycles. The highest BCUT2D eigenvalue weighted by atomic mass is 32.1. The Labute approximate surface area is 122 Å². The number of carbonyl (C=O) groups is 1. The van der Waals surface area contributed by atoms with Crippen LogP contribution in [0.4, 0.5) is 0 Å². The number of aromatic nitrogens is 1. The zero-order valence-electron chi connectivity index (χ0n) is 11.8. The van der Waals surface area contributed by atoms with E-state index in [4.69, 9.17) is 0 Å². The molecular formula is C16H19NO2S. The summed E-state index contributed by atoms with van der Waals surface area (Å²) in [5, 5.41) is 10.4. The van der Waals surface area contributed by atoms with Crippen molar-refractivity contribution in [1.29, 1.82) is 0 Å². The number of fused-ring (bicyclic) bond motifs is 1. The van der Waals surface area contributed by atoms with E-state index in [1.807, 2.05) is 6.92 Å². The molecule has 20 heavy (non-hydrogen) atoms. The minimum absolute atomic E-state index is 0.145. The first kappa shape index (κ1) is 12.6. The molecule has 4 atom stereocenters. The quantitative estimate of drug-likeness (QED) is 0.843. The second kappa shape index (κ2) is 3.94. The van der Waals surface area contributed by atoms with Crippen LogP contribution in [0.15, 0.2) is 11.6 Å². The Bertz CT molecular complexity index is 632. The van der Waals surface area contributed by atoms with Gasteiger partial charge in [-0.3, -0.25) is 0 Å². The zero-order chi connectivity index (χ0) is 14.1. The standard InChI is InChI=1S/C16H19NO2S/c1-8-3-10-4-11-6-16(5-8,7-12(10)11)15-17-9(2)13(20-15)14(18)19/h3,8,11-12H,4-7H2,1-2H3,(H,18,19). The normalized spacial score (nSPS) is 38.1. The lowest BCUT2D eigenvalue weighted by Gasteiger charge is -2.36. The zero-order valence-corrected chi connectivity index (χ0v) is 12.7. The van der Waals surface area contributed by atoms with Crippen molar-refractivity contribution >= 4 is 17.3 Å². The molecule has 0 aliphatic heterocycles. The largest absolute Gasteiger partial charge is 0.477 e. The molecular weight excluding hydrogens is 270 g/mol. The van der Waals surface area contributed by atoms with Gasteiger partial charge in [0.2, 0.25) is 0 Å². The molecule has 2 fully saturated rings. The SMILES string of the molecule is Cc1nc(C23CC(C)C=C4CC(C2)C4C3)sc1C(=O)O. The fourth-order valence-corrected chi connectivity index (χ4v) is 5.86. The fourth-order valence-electron chi connectivity index (χ4n) is 4.74. The Morgan fingerprint density at radius 2 is 2.25 bits per heavy atom. The lowest BCUT2D eigenvalue weighted by Crippen LogP contribution is -2.27. The van der Waals surface area contributed by atoms with Crippen molar-refractivity contribution in [3.63, 3.8) is 0 Å². The molecule has 0 radical (unpaired) electrons. The van der Waals surface area contributed by atoms with Crippen LogP contribution in [0.3, 0.4) is 0 Å². The molecule has 3 aliphatic rings. The second-order valence-corrected chi connectivity index (χ2v) is 7.92. The summed E-state index contributed by atoms with van der Waals surface area (Å²) < 4.78 is 0. The lowest BCUT2D eigenvalue weighted by molar-refractivity contribution is 0.0701. The number of nitrogens with zero attached hydrogens (tertiary/aromatic N) is 1. The van der Waals surface area contributed by atoms with E-state index in [0.717, 1.165) is 23.3 Å². The first-order valence-electron chi connectivity index (χ1n) is 7.40. The molecule has 1 N–H and O–H groups in total. The summed E-state index contributed by atoms with van der Waals surface area (Å²) in [4.78, 5) is 16.4. The molecule has 1 aromatic rings. The molecule has 1 aromatic heterocycles. The summed E-state index contributed by atoms with van der Waals surface area (Å²) >= 11 is 1.42. The van der Waals surface area contributed by atoms with E-state index in [9.17, 15) is 9.90 Å². The average molecular weight is 289 g/mol. The Hall–Kier alpha value is -1.16. The Morgan fingerprint density at radius 3 is 2.95 bits per heavy atom. The number of allylic oxidation sites excluding steroid dienone is 2. The fraction of sp³-hybridized carbons (Fsp3) is 0.625. The number of thiazole rings is 1. The van der Waals surface area contributed by atoms with Crippen LogP contribution in [0.1, 0.15) is 53.0 Å². The van der Waals surface area contributed by atoms with Crippen molar-refractivity contribution in [2.24, 2.45) is 17.8 Å². The number of carboxylic acid groups (broad SMARTS) is 1. The molecule has 4 rings (SSSR count). The predicted molar refractivity (Wildman–Crippen MR) is 78.2 cm³/mol. The van der Waals surface area contributed by atoms with Crippen molar-refractivity contribution < 1.29 is 9.90 Å². The molecule has 2 bridgehead atoms. The highest BCUT2D eigenvalue weighted by Crippen LogP contribution is 2.63. The lowest BCUT2D eigenvalue weighted by atomic mass is 9.69. The van der Waals surface area contributed by atoms with E-state index in [1.165, 1.54) is 30.6 Å². The van der Waals surface area contributed by atoms with E-state index in [-0.39, 0.29) is 5.41 Å². The number of hydrogen-bond donors (Lipinski definition) is 1. The molecule has 4 unspecified atom stereocenters. The van der Waals surface area contributed by atoms with Crippen LogP contribution in [-0.4, -0.2) is 16.1 Å². The minimum Gasteiger partial charge on any atom is -0.477 e. The number of aryl methyl sites for hydroxylation is 1. The van der Waals surface area contributed by atoms with Crippen LogP contribution < -0.4 is 0 Å². The van der Waals surface area contributed by atoms with E-state index >= 15 is 0 Å². The number of rotatable bonds is 2. The molecule has 0 aromatic carbocycles. The first-order valence-corrected chi connectivity index (χ1v) is 8.22. The van der Waals surface area contributed by atoms with Gasteiger partial charge in [-0.2, -0.15) is 0 Å². The highest BCUT2D eigenvalue weighted by Gasteiger charge is 2.55. The highest BCUT2D eigenvalue weighted by molar-refractivity contribution is 7.13. The topological polar surface area (TPSA) is 50.2 Å². The van der Waals surface area contributed by atoms with Crippen LogP contribution in [0.5, 0.6) is 0 Å². The van der Waals surface area contributed by atoms with Gasteiger partial charge in [0, 0.05) is 5.41 Å². The third-order valence-corrected chi connectivity index (χ3v) is 6.85. The number of hydrogen-bond acceptors (Lipinski definition) is 3. The molecule has 4 heteroatoms. The van der Waals surface area contributed by atoms with E-state index in [2.05, 4.69) is 18.0 Å². The van der Waals surface area contributed by atoms with Gasteiger partial charge in [0.1, 0.15) is 4.88 Å². The monoisotopic (exact) mass is 289 g/mol. The molecule has 1 heterocycles. The third kappa shape index (κ3) is 1.57. The third-order valence-electron chi connectivity index (χ3n) is 5.46. The summed E-state index contributed by atoms with van der Waals surface area (Å²) in [7, 11) is 0. The maximum atomic E-state index is 11.3. The summed E-state index contributed by atoms with van der Waals surface area (Å²) in [5.41, 5.74) is 2.50. The Kier molecular flexibility index (Phi) is 2.48. The van der Waals surface area contributed by atoms with Crippen molar-refractivity contribution in [3.8, 4) is 0 Å². The second-order valence-electron chi connectivity index (χ2n) is 6.92. The van der Waals surface area contributed by atoms with Gasteiger partial charge in [-0.15, -0.1) is 11.3 Å². The van der Waals surface area contributed by atoms with Crippen molar-refractivity contribution in [2.75, 3.05) is 0 Å². The predicted octanol–water partition coefficient (Wildman–Crippen LogP) is 3.78.